The van der Waals surface area contributed by atoms with Crippen molar-refractivity contribution in [3.05, 3.63) is 29.8 Å². The van der Waals surface area contributed by atoms with Gasteiger partial charge in [-0.1, -0.05) is 6.07 Å². The quantitative estimate of drug-likeness (QED) is 0.759. The predicted molar refractivity (Wildman–Crippen MR) is 79.2 cm³/mol. The first-order valence-electron chi connectivity index (χ1n) is 7.46. The third kappa shape index (κ3) is 3.23. The molecule has 2 aliphatic heterocycles. The molecule has 0 spiro atoms. The third-order valence-corrected chi connectivity index (χ3v) is 5.80. The van der Waals surface area contributed by atoms with Crippen molar-refractivity contribution in [2.45, 2.75) is 30.3 Å². The molecule has 0 N–H and O–H groups in total. The second-order valence-corrected chi connectivity index (χ2v) is 7.43. The summed E-state index contributed by atoms with van der Waals surface area (Å²) < 4.78 is 36.2. The van der Waals surface area contributed by atoms with E-state index in [0.717, 1.165) is 12.8 Å². The summed E-state index contributed by atoms with van der Waals surface area (Å²) in [6, 6.07) is 5.70. The van der Waals surface area contributed by atoms with Gasteiger partial charge < -0.3 is 9.47 Å². The molecule has 0 unspecified atom stereocenters. The van der Waals surface area contributed by atoms with E-state index in [1.54, 1.807) is 0 Å². The van der Waals surface area contributed by atoms with Gasteiger partial charge in [-0.25, -0.2) is 18.0 Å². The Morgan fingerprint density at radius 3 is 2.65 bits per heavy atom. The number of benzene rings is 1. The van der Waals surface area contributed by atoms with Crippen LogP contribution in [-0.4, -0.2) is 50.5 Å². The smallest absolute Gasteiger partial charge is 0.347 e. The molecule has 1 aromatic rings. The normalized spacial score (nSPS) is 22.1. The molecule has 124 valence electrons. The molecule has 3 rings (SSSR count). The summed E-state index contributed by atoms with van der Waals surface area (Å²) in [4.78, 5) is 23.5. The summed E-state index contributed by atoms with van der Waals surface area (Å²) in [7, 11) is -3.60. The van der Waals surface area contributed by atoms with E-state index in [2.05, 4.69) is 0 Å². The Morgan fingerprint density at radius 2 is 2.00 bits per heavy atom. The SMILES string of the molecule is O=C(O[C@@H]1CCOC1=O)c1cccc(S(=O)(=O)N2CCCC2)c1. The van der Waals surface area contributed by atoms with Crippen LogP contribution in [0.3, 0.4) is 0 Å². The van der Waals surface area contributed by atoms with Crippen LogP contribution in [0.4, 0.5) is 0 Å². The molecule has 7 nitrogen and oxygen atoms in total. The Kier molecular flexibility index (Phi) is 4.36. The van der Waals surface area contributed by atoms with E-state index >= 15 is 0 Å². The van der Waals surface area contributed by atoms with Crippen molar-refractivity contribution in [1.82, 2.24) is 4.31 Å². The highest BCUT2D eigenvalue weighted by molar-refractivity contribution is 7.89. The van der Waals surface area contributed by atoms with Crippen LogP contribution >= 0.6 is 0 Å². The standard InChI is InChI=1S/C15H17NO6S/c17-14(22-13-6-9-21-15(13)18)11-4-3-5-12(10-11)23(19,20)16-7-1-2-8-16/h3-5,10,13H,1-2,6-9H2/t13-/m1/s1. The minimum absolute atomic E-state index is 0.0582. The summed E-state index contributed by atoms with van der Waals surface area (Å²) in [6.07, 6.45) is 1.08. The van der Waals surface area contributed by atoms with Gasteiger partial charge in [0, 0.05) is 19.5 Å². The zero-order valence-corrected chi connectivity index (χ0v) is 13.3. The van der Waals surface area contributed by atoms with Crippen molar-refractivity contribution in [3.8, 4) is 0 Å². The molecular formula is C15H17NO6S. The number of ether oxygens (including phenoxy) is 2. The molecule has 1 atom stereocenters. The van der Waals surface area contributed by atoms with E-state index in [1.165, 1.54) is 28.6 Å². The number of sulfonamides is 1. The maximum absolute atomic E-state index is 12.5. The lowest BCUT2D eigenvalue weighted by atomic mass is 10.2. The summed E-state index contributed by atoms with van der Waals surface area (Å²) in [6.45, 7) is 1.20. The lowest BCUT2D eigenvalue weighted by Gasteiger charge is -2.16. The first-order valence-corrected chi connectivity index (χ1v) is 8.90. The lowest BCUT2D eigenvalue weighted by Crippen LogP contribution is -2.28. The molecule has 23 heavy (non-hydrogen) atoms. The van der Waals surface area contributed by atoms with Gasteiger partial charge in [-0.2, -0.15) is 4.31 Å². The zero-order chi connectivity index (χ0) is 16.4. The number of carbonyl (C=O) groups is 2. The van der Waals surface area contributed by atoms with Gasteiger partial charge in [0.25, 0.3) is 0 Å². The Hall–Kier alpha value is -1.93. The summed E-state index contributed by atoms with van der Waals surface area (Å²) in [5.41, 5.74) is 0.102. The monoisotopic (exact) mass is 339 g/mol. The fourth-order valence-corrected chi connectivity index (χ4v) is 4.21. The Balaban J connectivity index is 1.79. The van der Waals surface area contributed by atoms with Gasteiger partial charge in [-0.3, -0.25) is 0 Å². The van der Waals surface area contributed by atoms with E-state index in [4.69, 9.17) is 9.47 Å². The number of hydrogen-bond donors (Lipinski definition) is 0. The average Bonchev–Trinajstić information content (AvgIpc) is 3.20. The van der Waals surface area contributed by atoms with Crippen LogP contribution in [0.15, 0.2) is 29.2 Å². The van der Waals surface area contributed by atoms with Crippen LogP contribution < -0.4 is 0 Å². The summed E-state index contributed by atoms with van der Waals surface area (Å²) >= 11 is 0. The van der Waals surface area contributed by atoms with Crippen molar-refractivity contribution in [2.24, 2.45) is 0 Å². The maximum atomic E-state index is 12.5. The Bertz CT molecular complexity index is 723. The molecule has 0 amide bonds. The molecule has 2 heterocycles. The third-order valence-electron chi connectivity index (χ3n) is 3.91. The topological polar surface area (TPSA) is 90.0 Å². The Morgan fingerprint density at radius 1 is 1.26 bits per heavy atom. The second-order valence-electron chi connectivity index (χ2n) is 5.49. The van der Waals surface area contributed by atoms with Crippen molar-refractivity contribution in [1.29, 1.82) is 0 Å². The number of rotatable bonds is 4. The lowest BCUT2D eigenvalue weighted by molar-refractivity contribution is -0.145. The minimum atomic E-state index is -3.60. The van der Waals surface area contributed by atoms with E-state index in [0.29, 0.717) is 19.5 Å². The molecule has 2 aliphatic rings. The van der Waals surface area contributed by atoms with Gasteiger partial charge in [0.1, 0.15) is 0 Å². The van der Waals surface area contributed by atoms with Crippen LogP contribution in [0.2, 0.25) is 0 Å². The van der Waals surface area contributed by atoms with Crippen molar-refractivity contribution < 1.29 is 27.5 Å². The minimum Gasteiger partial charge on any atom is -0.463 e. The van der Waals surface area contributed by atoms with Gasteiger partial charge in [0.15, 0.2) is 0 Å². The molecule has 0 bridgehead atoms. The van der Waals surface area contributed by atoms with Crippen LogP contribution in [0.25, 0.3) is 0 Å². The van der Waals surface area contributed by atoms with E-state index < -0.39 is 28.1 Å². The van der Waals surface area contributed by atoms with Crippen molar-refractivity contribution in [2.75, 3.05) is 19.7 Å². The summed E-state index contributed by atoms with van der Waals surface area (Å²) in [5.74, 6) is -1.30. The first-order chi connectivity index (χ1) is 11.0. The van der Waals surface area contributed by atoms with Gasteiger partial charge in [0.2, 0.25) is 16.1 Å². The van der Waals surface area contributed by atoms with Crippen LogP contribution in [-0.2, 0) is 24.3 Å². The molecule has 0 aromatic heterocycles. The Labute approximate surface area is 134 Å². The fraction of sp³-hybridized carbons (Fsp3) is 0.467. The maximum Gasteiger partial charge on any atom is 0.347 e. The fourth-order valence-electron chi connectivity index (χ4n) is 2.64. The summed E-state index contributed by atoms with van der Waals surface area (Å²) in [5, 5.41) is 0. The highest BCUT2D eigenvalue weighted by atomic mass is 32.2. The van der Waals surface area contributed by atoms with Gasteiger partial charge in [-0.15, -0.1) is 0 Å². The van der Waals surface area contributed by atoms with E-state index in [9.17, 15) is 18.0 Å². The largest absolute Gasteiger partial charge is 0.463 e. The second kappa shape index (κ2) is 6.29. The highest BCUT2D eigenvalue weighted by Gasteiger charge is 2.31. The molecule has 2 fully saturated rings. The molecule has 0 saturated carbocycles. The van der Waals surface area contributed by atoms with Crippen LogP contribution in [0.5, 0.6) is 0 Å². The van der Waals surface area contributed by atoms with Gasteiger partial charge in [0.05, 0.1) is 17.1 Å². The van der Waals surface area contributed by atoms with Crippen molar-refractivity contribution >= 4 is 22.0 Å². The molecule has 8 heteroatoms. The van der Waals surface area contributed by atoms with E-state index in [-0.39, 0.29) is 17.1 Å². The number of hydrogen-bond acceptors (Lipinski definition) is 6. The molecule has 1 aromatic carbocycles. The van der Waals surface area contributed by atoms with Gasteiger partial charge in [-0.05, 0) is 31.0 Å². The molecular weight excluding hydrogens is 322 g/mol. The number of esters is 2. The highest BCUT2D eigenvalue weighted by Crippen LogP contribution is 2.22. The number of nitrogens with zero attached hydrogens (tertiary/aromatic N) is 1. The van der Waals surface area contributed by atoms with Crippen LogP contribution in [0.1, 0.15) is 29.6 Å². The van der Waals surface area contributed by atoms with E-state index in [1.807, 2.05) is 0 Å². The van der Waals surface area contributed by atoms with Crippen molar-refractivity contribution in [3.63, 3.8) is 0 Å². The molecule has 0 radical (unpaired) electrons. The molecule has 2 saturated heterocycles. The average molecular weight is 339 g/mol. The molecule has 0 aliphatic carbocycles. The van der Waals surface area contributed by atoms with Gasteiger partial charge >= 0.3 is 11.9 Å². The first kappa shape index (κ1) is 15.9. The predicted octanol–water partition coefficient (Wildman–Crippen LogP) is 0.943. The number of carbonyl (C=O) groups excluding carboxylic acids is 2. The number of cyclic esters (lactones) is 1. The van der Waals surface area contributed by atoms with Crippen LogP contribution in [0, 0.1) is 0 Å². The zero-order valence-electron chi connectivity index (χ0n) is 12.4.